The second-order valence-corrected chi connectivity index (χ2v) is 1.17. The van der Waals surface area contributed by atoms with E-state index in [1.165, 1.54) is 12.4 Å². The fourth-order valence-corrected chi connectivity index (χ4v) is 0.335. The molecule has 0 radical (unpaired) electrons. The van der Waals surface area contributed by atoms with Crippen LogP contribution in [-0.2, 0) is 0 Å². The molecule has 0 atom stereocenters. The standard InChI is InChI=1S/C3H5N2O2/c6-4-1-2-5(7)3-4/h1-3,6-7H/q+1. The molecule has 1 aromatic heterocycles. The quantitative estimate of drug-likeness (QED) is 0.333. The maximum atomic E-state index is 8.39. The number of nitrogens with zero attached hydrogens (tertiary/aromatic N) is 2. The first-order valence-electron chi connectivity index (χ1n) is 1.77. The van der Waals surface area contributed by atoms with Crippen LogP contribution in [0.15, 0.2) is 18.7 Å². The molecule has 0 amide bonds. The van der Waals surface area contributed by atoms with Gasteiger partial charge in [-0.25, -0.2) is 0 Å². The largest absolute Gasteiger partial charge is 0.350 e. The molecule has 4 nitrogen and oxygen atoms in total. The summed E-state index contributed by atoms with van der Waals surface area (Å²) in [5.74, 6) is 0. The predicted octanol–water partition coefficient (Wildman–Crippen LogP) is -0.750. The van der Waals surface area contributed by atoms with Crippen molar-refractivity contribution >= 4 is 0 Å². The Bertz CT molecular complexity index is 143. The lowest BCUT2D eigenvalue weighted by Crippen LogP contribution is -2.25. The summed E-state index contributed by atoms with van der Waals surface area (Å²) in [6, 6.07) is 0. The summed E-state index contributed by atoms with van der Waals surface area (Å²) in [5.41, 5.74) is 0. The normalized spacial score (nSPS) is 9.14. The highest BCUT2D eigenvalue weighted by molar-refractivity contribution is 4.57. The van der Waals surface area contributed by atoms with Crippen LogP contribution in [0.2, 0.25) is 0 Å². The van der Waals surface area contributed by atoms with Crippen molar-refractivity contribution in [1.29, 1.82) is 0 Å². The maximum absolute atomic E-state index is 8.39. The van der Waals surface area contributed by atoms with Crippen LogP contribution >= 0.6 is 0 Å². The maximum Gasteiger partial charge on any atom is 0.322 e. The van der Waals surface area contributed by atoms with Gasteiger partial charge in [-0.1, -0.05) is 9.46 Å². The fraction of sp³-hybridized carbons (Fsp3) is 0. The average Bonchev–Trinajstić information content (AvgIpc) is 1.87. The molecule has 1 heterocycles. The van der Waals surface area contributed by atoms with E-state index in [1.807, 2.05) is 0 Å². The van der Waals surface area contributed by atoms with E-state index >= 15 is 0 Å². The fourth-order valence-electron chi connectivity index (χ4n) is 0.335. The first-order chi connectivity index (χ1) is 3.29. The molecule has 0 aliphatic rings. The Morgan fingerprint density at radius 3 is 2.43 bits per heavy atom. The van der Waals surface area contributed by atoms with Crippen molar-refractivity contribution in [1.82, 2.24) is 4.73 Å². The lowest BCUT2D eigenvalue weighted by Gasteiger charge is -1.70. The first kappa shape index (κ1) is 3.98. The molecule has 0 saturated heterocycles. The van der Waals surface area contributed by atoms with E-state index in [0.717, 1.165) is 15.8 Å². The summed E-state index contributed by atoms with van der Waals surface area (Å²) in [6.07, 6.45) is 3.72. The highest BCUT2D eigenvalue weighted by atomic mass is 16.5. The van der Waals surface area contributed by atoms with Crippen molar-refractivity contribution < 1.29 is 15.1 Å². The van der Waals surface area contributed by atoms with Gasteiger partial charge in [-0.3, -0.25) is 0 Å². The van der Waals surface area contributed by atoms with Gasteiger partial charge >= 0.3 is 6.33 Å². The van der Waals surface area contributed by atoms with Crippen LogP contribution in [0.1, 0.15) is 0 Å². The van der Waals surface area contributed by atoms with E-state index in [-0.39, 0.29) is 0 Å². The van der Waals surface area contributed by atoms with Gasteiger partial charge in [-0.2, -0.15) is 0 Å². The second-order valence-electron chi connectivity index (χ2n) is 1.17. The molecule has 4 heteroatoms. The number of hydrogen-bond donors (Lipinski definition) is 2. The van der Waals surface area contributed by atoms with Crippen LogP contribution in [0.3, 0.4) is 0 Å². The van der Waals surface area contributed by atoms with Gasteiger partial charge in [0.15, 0.2) is 12.4 Å². The zero-order valence-electron chi connectivity index (χ0n) is 3.52. The summed E-state index contributed by atoms with van der Waals surface area (Å²) >= 11 is 0. The zero-order valence-corrected chi connectivity index (χ0v) is 3.52. The molecule has 0 unspecified atom stereocenters. The highest BCUT2D eigenvalue weighted by Gasteiger charge is 1.93. The van der Waals surface area contributed by atoms with Gasteiger partial charge in [-0.15, -0.1) is 0 Å². The highest BCUT2D eigenvalue weighted by Crippen LogP contribution is 1.69. The number of imidazole rings is 1. The Balaban J connectivity index is 3.04. The zero-order chi connectivity index (χ0) is 5.28. The van der Waals surface area contributed by atoms with Gasteiger partial charge in [0, 0.05) is 0 Å². The van der Waals surface area contributed by atoms with Crippen LogP contribution in [0.25, 0.3) is 0 Å². The third-order valence-electron chi connectivity index (χ3n) is 0.609. The third kappa shape index (κ3) is 0.623. The van der Waals surface area contributed by atoms with E-state index in [1.54, 1.807) is 0 Å². The van der Waals surface area contributed by atoms with E-state index in [0.29, 0.717) is 0 Å². The molecular weight excluding hydrogens is 96.0 g/mol. The van der Waals surface area contributed by atoms with Crippen molar-refractivity contribution in [3.63, 3.8) is 0 Å². The first-order valence-corrected chi connectivity index (χ1v) is 1.77. The smallest absolute Gasteiger partial charge is 0.322 e. The van der Waals surface area contributed by atoms with Crippen LogP contribution in [0, 0.1) is 0 Å². The van der Waals surface area contributed by atoms with Gasteiger partial charge in [0.1, 0.15) is 0 Å². The van der Waals surface area contributed by atoms with Crippen LogP contribution in [-0.4, -0.2) is 15.1 Å². The molecular formula is C3H5N2O2+. The van der Waals surface area contributed by atoms with Gasteiger partial charge in [0.2, 0.25) is 0 Å². The molecule has 0 spiro atoms. The predicted molar refractivity (Wildman–Crippen MR) is 19.0 cm³/mol. The SMILES string of the molecule is On1cc[n+](O)c1. The molecule has 0 aromatic carbocycles. The lowest BCUT2D eigenvalue weighted by atomic mass is 11.0. The van der Waals surface area contributed by atoms with E-state index < -0.39 is 0 Å². The number of aromatic nitrogens is 2. The van der Waals surface area contributed by atoms with Crippen molar-refractivity contribution in [3.8, 4) is 0 Å². The molecule has 0 fully saturated rings. The summed E-state index contributed by atoms with van der Waals surface area (Å²) in [5, 5.41) is 16.8. The Morgan fingerprint density at radius 1 is 1.57 bits per heavy atom. The van der Waals surface area contributed by atoms with Crippen molar-refractivity contribution in [2.24, 2.45) is 0 Å². The summed E-state index contributed by atoms with van der Waals surface area (Å²) in [7, 11) is 0. The molecule has 0 bridgehead atoms. The number of hydrogen-bond acceptors (Lipinski definition) is 2. The Hall–Kier alpha value is -1.19. The molecule has 0 aliphatic heterocycles. The van der Waals surface area contributed by atoms with Crippen LogP contribution < -0.4 is 4.73 Å². The summed E-state index contributed by atoms with van der Waals surface area (Å²) in [4.78, 5) is 0. The van der Waals surface area contributed by atoms with E-state index in [2.05, 4.69) is 0 Å². The average molecular weight is 101 g/mol. The molecule has 0 saturated carbocycles. The van der Waals surface area contributed by atoms with Crippen molar-refractivity contribution in [3.05, 3.63) is 18.7 Å². The molecule has 7 heavy (non-hydrogen) atoms. The topological polar surface area (TPSA) is 49.3 Å². The van der Waals surface area contributed by atoms with Crippen molar-refractivity contribution in [2.75, 3.05) is 0 Å². The van der Waals surface area contributed by atoms with E-state index in [4.69, 9.17) is 10.4 Å². The molecule has 1 rings (SSSR count). The minimum Gasteiger partial charge on any atom is -0.350 e. The third-order valence-corrected chi connectivity index (χ3v) is 0.609. The van der Waals surface area contributed by atoms with Gasteiger partial charge < -0.3 is 10.4 Å². The monoisotopic (exact) mass is 101 g/mol. The van der Waals surface area contributed by atoms with Gasteiger partial charge in [-0.05, 0) is 0 Å². The second kappa shape index (κ2) is 1.14. The summed E-state index contributed by atoms with van der Waals surface area (Å²) < 4.78 is 1.50. The molecule has 38 valence electrons. The minimum absolute atomic E-state index is 0.750. The van der Waals surface area contributed by atoms with Gasteiger partial charge in [0.25, 0.3) is 0 Å². The molecule has 2 N–H and O–H groups in total. The lowest BCUT2D eigenvalue weighted by molar-refractivity contribution is -0.905. The van der Waals surface area contributed by atoms with Crippen LogP contribution in [0.5, 0.6) is 0 Å². The van der Waals surface area contributed by atoms with Crippen LogP contribution in [0.4, 0.5) is 0 Å². The Morgan fingerprint density at radius 2 is 2.29 bits per heavy atom. The van der Waals surface area contributed by atoms with E-state index in [9.17, 15) is 0 Å². The summed E-state index contributed by atoms with van der Waals surface area (Å²) in [6.45, 7) is 0. The number of rotatable bonds is 0. The van der Waals surface area contributed by atoms with Gasteiger partial charge in [0.05, 0.1) is 0 Å². The molecule has 1 aromatic rings. The Kier molecular flexibility index (Phi) is 0.651. The van der Waals surface area contributed by atoms with Crippen molar-refractivity contribution in [2.45, 2.75) is 0 Å². The minimum atomic E-state index is 0.750. The molecule has 0 aliphatic carbocycles. The Labute approximate surface area is 39.8 Å².